The van der Waals surface area contributed by atoms with Gasteiger partial charge in [0.25, 0.3) is 0 Å². The minimum absolute atomic E-state index is 0.545. The quantitative estimate of drug-likeness (QED) is 0.351. The second-order valence-electron chi connectivity index (χ2n) is 6.96. The van der Waals surface area contributed by atoms with Gasteiger partial charge in [-0.25, -0.2) is 4.98 Å². The molecule has 0 saturated carbocycles. The standard InChI is InChI=1S/C21H22BrNOSi/c1-25(2,3)24-15-18-14-19(16-10-6-4-7-11-16)20(21(22)23-18)17-12-8-5-9-13-17/h4-14H,15H2,1-3H3. The van der Waals surface area contributed by atoms with E-state index in [9.17, 15) is 0 Å². The summed E-state index contributed by atoms with van der Waals surface area (Å²) in [6, 6.07) is 23.0. The molecule has 2 nitrogen and oxygen atoms in total. The van der Waals surface area contributed by atoms with E-state index in [-0.39, 0.29) is 0 Å². The number of halogens is 1. The summed E-state index contributed by atoms with van der Waals surface area (Å²) in [5.41, 5.74) is 5.57. The van der Waals surface area contributed by atoms with Crippen LogP contribution in [-0.2, 0) is 11.0 Å². The van der Waals surface area contributed by atoms with E-state index < -0.39 is 8.32 Å². The van der Waals surface area contributed by atoms with Crippen LogP contribution in [0.4, 0.5) is 0 Å². The first kappa shape index (κ1) is 18.1. The lowest BCUT2D eigenvalue weighted by Gasteiger charge is -2.19. The summed E-state index contributed by atoms with van der Waals surface area (Å²) >= 11 is 3.70. The molecule has 0 N–H and O–H groups in total. The summed E-state index contributed by atoms with van der Waals surface area (Å²) in [4.78, 5) is 4.75. The monoisotopic (exact) mass is 411 g/mol. The van der Waals surface area contributed by atoms with Gasteiger partial charge in [-0.3, -0.25) is 0 Å². The van der Waals surface area contributed by atoms with Crippen LogP contribution in [0.2, 0.25) is 19.6 Å². The molecule has 0 spiro atoms. The Balaban J connectivity index is 2.12. The third-order valence-corrected chi connectivity index (χ3v) is 5.41. The van der Waals surface area contributed by atoms with Crippen molar-refractivity contribution in [3.63, 3.8) is 0 Å². The number of pyridine rings is 1. The lowest BCUT2D eigenvalue weighted by molar-refractivity contribution is 0.294. The molecule has 1 aromatic heterocycles. The van der Waals surface area contributed by atoms with Crippen molar-refractivity contribution < 1.29 is 4.43 Å². The Hall–Kier alpha value is -1.75. The molecule has 128 valence electrons. The van der Waals surface area contributed by atoms with Crippen LogP contribution >= 0.6 is 15.9 Å². The largest absolute Gasteiger partial charge is 0.412 e. The van der Waals surface area contributed by atoms with Crippen molar-refractivity contribution in [2.24, 2.45) is 0 Å². The number of hydrogen-bond acceptors (Lipinski definition) is 2. The molecule has 0 amide bonds. The molecule has 0 fully saturated rings. The first-order chi connectivity index (χ1) is 11.9. The van der Waals surface area contributed by atoms with Gasteiger partial charge < -0.3 is 4.43 Å². The zero-order valence-electron chi connectivity index (χ0n) is 14.8. The van der Waals surface area contributed by atoms with Crippen LogP contribution in [0, 0.1) is 0 Å². The fraction of sp³-hybridized carbons (Fsp3) is 0.190. The number of rotatable bonds is 5. The average Bonchev–Trinajstić information content (AvgIpc) is 2.60. The van der Waals surface area contributed by atoms with Crippen molar-refractivity contribution in [1.82, 2.24) is 4.98 Å². The van der Waals surface area contributed by atoms with Crippen molar-refractivity contribution in [3.05, 3.63) is 77.0 Å². The van der Waals surface area contributed by atoms with Gasteiger partial charge in [0.2, 0.25) is 0 Å². The molecule has 3 aromatic rings. The maximum atomic E-state index is 6.06. The predicted molar refractivity (Wildman–Crippen MR) is 111 cm³/mol. The summed E-state index contributed by atoms with van der Waals surface area (Å²) in [5.74, 6) is 0. The first-order valence-corrected chi connectivity index (χ1v) is 12.6. The summed E-state index contributed by atoms with van der Waals surface area (Å²) in [6.45, 7) is 7.12. The zero-order chi connectivity index (χ0) is 17.9. The van der Waals surface area contributed by atoms with Crippen LogP contribution in [0.25, 0.3) is 22.3 Å². The smallest absolute Gasteiger partial charge is 0.184 e. The molecule has 1 heterocycles. The van der Waals surface area contributed by atoms with Gasteiger partial charge in [-0.05, 0) is 58.3 Å². The van der Waals surface area contributed by atoms with Crippen molar-refractivity contribution >= 4 is 24.2 Å². The molecule has 3 rings (SSSR count). The van der Waals surface area contributed by atoms with Gasteiger partial charge in [-0.2, -0.15) is 0 Å². The Morgan fingerprint density at radius 3 is 2.00 bits per heavy atom. The predicted octanol–water partition coefficient (Wildman–Crippen LogP) is 6.53. The molecule has 25 heavy (non-hydrogen) atoms. The second kappa shape index (κ2) is 7.64. The van der Waals surface area contributed by atoms with E-state index in [2.05, 4.69) is 90.2 Å². The Kier molecular flexibility index (Phi) is 5.52. The van der Waals surface area contributed by atoms with Crippen molar-refractivity contribution in [2.45, 2.75) is 26.2 Å². The van der Waals surface area contributed by atoms with E-state index in [1.54, 1.807) is 0 Å². The summed E-state index contributed by atoms with van der Waals surface area (Å²) in [5, 5.41) is 0. The van der Waals surface area contributed by atoms with Crippen LogP contribution in [0.3, 0.4) is 0 Å². The van der Waals surface area contributed by atoms with Gasteiger partial charge in [0.15, 0.2) is 8.32 Å². The molecule has 4 heteroatoms. The number of hydrogen-bond donors (Lipinski definition) is 0. The normalized spacial score (nSPS) is 11.5. The topological polar surface area (TPSA) is 22.1 Å². The number of benzene rings is 2. The molecule has 0 radical (unpaired) electrons. The van der Waals surface area contributed by atoms with E-state index in [0.717, 1.165) is 21.4 Å². The first-order valence-electron chi connectivity index (χ1n) is 8.38. The van der Waals surface area contributed by atoms with Crippen molar-refractivity contribution in [1.29, 1.82) is 0 Å². The Bertz CT molecular complexity index is 845. The Morgan fingerprint density at radius 2 is 1.44 bits per heavy atom. The van der Waals surface area contributed by atoms with Gasteiger partial charge in [0, 0.05) is 5.56 Å². The van der Waals surface area contributed by atoms with E-state index in [0.29, 0.717) is 6.61 Å². The van der Waals surface area contributed by atoms with Crippen LogP contribution in [0.5, 0.6) is 0 Å². The van der Waals surface area contributed by atoms with Crippen LogP contribution < -0.4 is 0 Å². The highest BCUT2D eigenvalue weighted by Gasteiger charge is 2.18. The van der Waals surface area contributed by atoms with Gasteiger partial charge in [0.05, 0.1) is 12.3 Å². The zero-order valence-corrected chi connectivity index (χ0v) is 17.4. The Labute approximate surface area is 159 Å². The third kappa shape index (κ3) is 4.66. The lowest BCUT2D eigenvalue weighted by atomic mass is 9.96. The minimum atomic E-state index is -1.59. The maximum Gasteiger partial charge on any atom is 0.184 e. The molecule has 2 aromatic carbocycles. The molecular formula is C21H22BrNOSi. The van der Waals surface area contributed by atoms with Gasteiger partial charge in [0.1, 0.15) is 4.60 Å². The summed E-state index contributed by atoms with van der Waals surface area (Å²) in [6.07, 6.45) is 0. The van der Waals surface area contributed by atoms with Crippen molar-refractivity contribution in [2.75, 3.05) is 0 Å². The Morgan fingerprint density at radius 1 is 0.880 bits per heavy atom. The van der Waals surface area contributed by atoms with Crippen LogP contribution in [0.15, 0.2) is 71.3 Å². The highest BCUT2D eigenvalue weighted by Crippen LogP contribution is 2.37. The van der Waals surface area contributed by atoms with Crippen LogP contribution in [0.1, 0.15) is 5.69 Å². The van der Waals surface area contributed by atoms with Gasteiger partial charge in [-0.15, -0.1) is 0 Å². The van der Waals surface area contributed by atoms with Gasteiger partial charge in [-0.1, -0.05) is 60.7 Å². The molecule has 0 aliphatic heterocycles. The summed E-state index contributed by atoms with van der Waals surface area (Å²) in [7, 11) is -1.59. The molecular weight excluding hydrogens is 390 g/mol. The highest BCUT2D eigenvalue weighted by molar-refractivity contribution is 9.10. The average molecular weight is 412 g/mol. The fourth-order valence-corrected chi connectivity index (χ4v) is 3.90. The van der Waals surface area contributed by atoms with E-state index in [1.807, 2.05) is 12.1 Å². The molecule has 0 bridgehead atoms. The third-order valence-electron chi connectivity index (χ3n) is 3.83. The van der Waals surface area contributed by atoms with E-state index in [4.69, 9.17) is 9.41 Å². The SMILES string of the molecule is C[Si](C)(C)OCc1cc(-c2ccccc2)c(-c2ccccc2)c(Br)n1. The van der Waals surface area contributed by atoms with Crippen molar-refractivity contribution in [3.8, 4) is 22.3 Å². The van der Waals surface area contributed by atoms with Gasteiger partial charge >= 0.3 is 0 Å². The lowest BCUT2D eigenvalue weighted by Crippen LogP contribution is -2.25. The summed E-state index contributed by atoms with van der Waals surface area (Å²) < 4.78 is 6.92. The fourth-order valence-electron chi connectivity index (χ4n) is 2.65. The van der Waals surface area contributed by atoms with Crippen LogP contribution in [-0.4, -0.2) is 13.3 Å². The molecule has 0 atom stereocenters. The molecule has 0 saturated heterocycles. The molecule has 0 aliphatic carbocycles. The second-order valence-corrected chi connectivity index (χ2v) is 12.2. The van der Waals surface area contributed by atoms with E-state index in [1.165, 1.54) is 11.1 Å². The minimum Gasteiger partial charge on any atom is -0.412 e. The highest BCUT2D eigenvalue weighted by atomic mass is 79.9. The maximum absolute atomic E-state index is 6.06. The molecule has 0 aliphatic rings. The molecule has 0 unspecified atom stereocenters. The number of nitrogens with zero attached hydrogens (tertiary/aromatic N) is 1. The number of aromatic nitrogens is 1. The van der Waals surface area contributed by atoms with E-state index >= 15 is 0 Å².